The SMILES string of the molecule is CC(C)CNC(=O)[C@]1(Cc2ccccc2Br)N=C(c2ccc(OCCCO)cc2)O[C@@H]1c1ccc(Br)cc1. The molecule has 0 aliphatic carbocycles. The van der Waals surface area contributed by atoms with Gasteiger partial charge in [0.05, 0.1) is 6.61 Å². The zero-order valence-electron chi connectivity index (χ0n) is 21.5. The van der Waals surface area contributed by atoms with Crippen molar-refractivity contribution in [2.24, 2.45) is 10.9 Å². The molecule has 0 aromatic heterocycles. The van der Waals surface area contributed by atoms with Gasteiger partial charge in [0.15, 0.2) is 11.6 Å². The van der Waals surface area contributed by atoms with E-state index in [2.05, 4.69) is 51.0 Å². The molecule has 3 aromatic rings. The lowest BCUT2D eigenvalue weighted by molar-refractivity contribution is -0.129. The van der Waals surface area contributed by atoms with Gasteiger partial charge in [-0.3, -0.25) is 4.79 Å². The van der Waals surface area contributed by atoms with E-state index in [0.717, 1.165) is 25.6 Å². The molecule has 0 spiro atoms. The quantitative estimate of drug-likeness (QED) is 0.242. The van der Waals surface area contributed by atoms with E-state index in [9.17, 15) is 4.79 Å². The molecular weight excluding hydrogens is 612 g/mol. The van der Waals surface area contributed by atoms with Gasteiger partial charge in [-0.05, 0) is 59.5 Å². The molecule has 2 atom stereocenters. The van der Waals surface area contributed by atoms with Crippen LogP contribution >= 0.6 is 31.9 Å². The maximum Gasteiger partial charge on any atom is 0.252 e. The van der Waals surface area contributed by atoms with Crippen molar-refractivity contribution in [3.8, 4) is 5.75 Å². The number of carbonyl (C=O) groups is 1. The number of aliphatic hydroxyl groups excluding tert-OH is 1. The van der Waals surface area contributed by atoms with Gasteiger partial charge in [0.25, 0.3) is 5.91 Å². The smallest absolute Gasteiger partial charge is 0.252 e. The van der Waals surface area contributed by atoms with Crippen LogP contribution < -0.4 is 10.1 Å². The average molecular weight is 644 g/mol. The van der Waals surface area contributed by atoms with Crippen molar-refractivity contribution < 1.29 is 19.4 Å². The van der Waals surface area contributed by atoms with E-state index < -0.39 is 11.6 Å². The maximum atomic E-state index is 14.1. The van der Waals surface area contributed by atoms with Crippen molar-refractivity contribution in [3.05, 3.63) is 98.4 Å². The number of rotatable bonds is 11. The Balaban J connectivity index is 1.78. The molecule has 2 N–H and O–H groups in total. The van der Waals surface area contributed by atoms with Crippen molar-refractivity contribution in [2.75, 3.05) is 19.8 Å². The lowest BCUT2D eigenvalue weighted by Gasteiger charge is -2.31. The minimum atomic E-state index is -1.22. The number of amides is 1. The van der Waals surface area contributed by atoms with E-state index in [1.54, 1.807) is 0 Å². The van der Waals surface area contributed by atoms with Gasteiger partial charge < -0.3 is 19.9 Å². The van der Waals surface area contributed by atoms with Crippen molar-refractivity contribution in [1.29, 1.82) is 0 Å². The maximum absolute atomic E-state index is 14.1. The minimum Gasteiger partial charge on any atom is -0.494 e. The van der Waals surface area contributed by atoms with E-state index in [4.69, 9.17) is 19.6 Å². The van der Waals surface area contributed by atoms with Crippen molar-refractivity contribution in [2.45, 2.75) is 38.3 Å². The van der Waals surface area contributed by atoms with Gasteiger partial charge in [0, 0.05) is 40.5 Å². The predicted molar refractivity (Wildman–Crippen MR) is 157 cm³/mol. The van der Waals surface area contributed by atoms with Crippen LogP contribution in [0.25, 0.3) is 0 Å². The molecule has 0 bridgehead atoms. The summed E-state index contributed by atoms with van der Waals surface area (Å²) in [7, 11) is 0. The van der Waals surface area contributed by atoms with Crippen molar-refractivity contribution >= 4 is 43.7 Å². The van der Waals surface area contributed by atoms with Crippen LogP contribution in [0.1, 0.15) is 43.1 Å². The zero-order valence-corrected chi connectivity index (χ0v) is 24.7. The fraction of sp³-hybridized carbons (Fsp3) is 0.333. The predicted octanol–water partition coefficient (Wildman–Crippen LogP) is 6.24. The van der Waals surface area contributed by atoms with E-state index in [1.807, 2.05) is 72.8 Å². The highest BCUT2D eigenvalue weighted by Gasteiger charge is 2.53. The van der Waals surface area contributed by atoms with Gasteiger partial charge in [-0.25, -0.2) is 4.99 Å². The number of nitrogens with zero attached hydrogens (tertiary/aromatic N) is 1. The van der Waals surface area contributed by atoms with E-state index in [0.29, 0.717) is 37.6 Å². The second-order valence-corrected chi connectivity index (χ2v) is 11.5. The number of aliphatic hydroxyl groups is 1. The molecule has 1 aliphatic rings. The molecule has 1 heterocycles. The second-order valence-electron chi connectivity index (χ2n) is 9.71. The Kier molecular flexibility index (Phi) is 9.63. The third kappa shape index (κ3) is 6.65. The Labute approximate surface area is 240 Å². The summed E-state index contributed by atoms with van der Waals surface area (Å²) in [5.74, 6) is 1.22. The number of hydrogen-bond acceptors (Lipinski definition) is 5. The Hall–Kier alpha value is -2.68. The first-order valence-corrected chi connectivity index (χ1v) is 14.3. The van der Waals surface area contributed by atoms with Crippen LogP contribution in [0.15, 0.2) is 86.7 Å². The first-order valence-electron chi connectivity index (χ1n) is 12.7. The standard InChI is InChI=1S/C30H32Br2N2O4/c1-20(2)19-33-29(36)30(18-23-6-3-4-7-26(23)32)27(21-8-12-24(31)13-9-21)38-28(34-30)22-10-14-25(15-11-22)37-17-5-16-35/h3-4,6-15,20,27,35H,5,16-19H2,1-2H3,(H,33,36)/t27-,30-/m1/s1. The summed E-state index contributed by atoms with van der Waals surface area (Å²) in [6.45, 7) is 5.19. The fourth-order valence-corrected chi connectivity index (χ4v) is 4.99. The highest BCUT2D eigenvalue weighted by molar-refractivity contribution is 9.10. The van der Waals surface area contributed by atoms with E-state index in [-0.39, 0.29) is 18.4 Å². The number of hydrogen-bond donors (Lipinski definition) is 2. The summed E-state index contributed by atoms with van der Waals surface area (Å²) in [4.78, 5) is 19.1. The Morgan fingerprint density at radius 3 is 2.45 bits per heavy atom. The number of carbonyl (C=O) groups excluding carboxylic acids is 1. The first-order chi connectivity index (χ1) is 18.3. The topological polar surface area (TPSA) is 80.2 Å². The van der Waals surface area contributed by atoms with Crippen LogP contribution in [0.3, 0.4) is 0 Å². The van der Waals surface area contributed by atoms with Crippen LogP contribution in [-0.4, -0.2) is 42.2 Å². The van der Waals surface area contributed by atoms with Crippen LogP contribution in [0.5, 0.6) is 5.75 Å². The molecule has 3 aromatic carbocycles. The van der Waals surface area contributed by atoms with Crippen molar-refractivity contribution in [3.63, 3.8) is 0 Å². The summed E-state index contributed by atoms with van der Waals surface area (Å²) in [5, 5.41) is 12.1. The molecule has 0 radical (unpaired) electrons. The third-order valence-electron chi connectivity index (χ3n) is 6.29. The minimum absolute atomic E-state index is 0.0820. The molecule has 0 saturated heterocycles. The highest BCUT2D eigenvalue weighted by atomic mass is 79.9. The first kappa shape index (κ1) is 28.3. The van der Waals surface area contributed by atoms with Crippen LogP contribution in [0, 0.1) is 5.92 Å². The number of aliphatic imine (C=N–C) groups is 1. The van der Waals surface area contributed by atoms with E-state index in [1.165, 1.54) is 0 Å². The summed E-state index contributed by atoms with van der Waals surface area (Å²) < 4.78 is 14.1. The number of halogens is 2. The van der Waals surface area contributed by atoms with E-state index >= 15 is 0 Å². The van der Waals surface area contributed by atoms with Crippen LogP contribution in [0.4, 0.5) is 0 Å². The van der Waals surface area contributed by atoms with Crippen LogP contribution in [-0.2, 0) is 16.0 Å². The molecular formula is C30H32Br2N2O4. The number of nitrogens with one attached hydrogen (secondary N) is 1. The van der Waals surface area contributed by atoms with Gasteiger partial charge in [-0.15, -0.1) is 0 Å². The molecule has 1 amide bonds. The molecule has 1 aliphatic heterocycles. The molecule has 0 fully saturated rings. The molecule has 8 heteroatoms. The Bertz CT molecular complexity index is 1260. The summed E-state index contributed by atoms with van der Waals surface area (Å²) in [6.07, 6.45) is 0.283. The lowest BCUT2D eigenvalue weighted by Crippen LogP contribution is -2.50. The molecule has 6 nitrogen and oxygen atoms in total. The third-order valence-corrected chi connectivity index (χ3v) is 7.59. The summed E-state index contributed by atoms with van der Waals surface area (Å²) in [5.41, 5.74) is 1.36. The van der Waals surface area contributed by atoms with Gasteiger partial charge in [0.1, 0.15) is 5.75 Å². The average Bonchev–Trinajstić information content (AvgIpc) is 3.30. The number of ether oxygens (including phenoxy) is 2. The Morgan fingerprint density at radius 1 is 1.08 bits per heavy atom. The summed E-state index contributed by atoms with van der Waals surface area (Å²) in [6, 6.07) is 23.2. The molecule has 38 heavy (non-hydrogen) atoms. The molecule has 0 saturated carbocycles. The molecule has 4 rings (SSSR count). The number of benzene rings is 3. The monoisotopic (exact) mass is 642 g/mol. The molecule has 0 unspecified atom stereocenters. The van der Waals surface area contributed by atoms with Crippen LogP contribution in [0.2, 0.25) is 0 Å². The van der Waals surface area contributed by atoms with Gasteiger partial charge in [0.2, 0.25) is 5.90 Å². The van der Waals surface area contributed by atoms with Gasteiger partial charge in [-0.2, -0.15) is 0 Å². The largest absolute Gasteiger partial charge is 0.494 e. The van der Waals surface area contributed by atoms with Gasteiger partial charge in [-0.1, -0.05) is 76.0 Å². The van der Waals surface area contributed by atoms with Crippen molar-refractivity contribution in [1.82, 2.24) is 5.32 Å². The van der Waals surface area contributed by atoms with Gasteiger partial charge >= 0.3 is 0 Å². The zero-order chi connectivity index (χ0) is 27.1. The normalized spacial score (nSPS) is 18.7. The summed E-state index contributed by atoms with van der Waals surface area (Å²) >= 11 is 7.17. The molecule has 200 valence electrons. The fourth-order valence-electron chi connectivity index (χ4n) is 4.30. The highest BCUT2D eigenvalue weighted by Crippen LogP contribution is 2.43. The second kappa shape index (κ2) is 12.9. The Morgan fingerprint density at radius 2 is 1.79 bits per heavy atom. The lowest BCUT2D eigenvalue weighted by atomic mass is 9.82.